The number of aromatic amines is 1. The summed E-state index contributed by atoms with van der Waals surface area (Å²) in [5.74, 6) is 1.66. The lowest BCUT2D eigenvalue weighted by Gasteiger charge is -2.21. The highest BCUT2D eigenvalue weighted by molar-refractivity contribution is 7.13. The van der Waals surface area contributed by atoms with Gasteiger partial charge in [0, 0.05) is 5.41 Å². The summed E-state index contributed by atoms with van der Waals surface area (Å²) in [5, 5.41) is 9.44. The molecule has 0 atom stereocenters. The van der Waals surface area contributed by atoms with Crippen LogP contribution in [0.5, 0.6) is 0 Å². The van der Waals surface area contributed by atoms with Gasteiger partial charge in [-0.15, -0.1) is 11.3 Å². The molecule has 0 aliphatic heterocycles. The Hall–Kier alpha value is -1.94. The first-order chi connectivity index (χ1) is 9.18. The number of hydrogen-bond acceptors (Lipinski definition) is 3. The van der Waals surface area contributed by atoms with Crippen molar-refractivity contribution in [3.63, 3.8) is 0 Å². The van der Waals surface area contributed by atoms with Gasteiger partial charge in [0.25, 0.3) is 0 Å². The van der Waals surface area contributed by atoms with E-state index >= 15 is 0 Å². The minimum atomic E-state index is -0.177. The maximum absolute atomic E-state index is 4.64. The summed E-state index contributed by atoms with van der Waals surface area (Å²) in [7, 11) is 0. The van der Waals surface area contributed by atoms with Crippen LogP contribution in [-0.4, -0.2) is 15.2 Å². The van der Waals surface area contributed by atoms with Gasteiger partial charge >= 0.3 is 0 Å². The zero-order valence-corrected chi connectivity index (χ0v) is 11.7. The van der Waals surface area contributed by atoms with Crippen molar-refractivity contribution in [3.8, 4) is 10.7 Å². The average Bonchev–Trinajstić information content (AvgIpc) is 3.10. The van der Waals surface area contributed by atoms with Crippen molar-refractivity contribution in [2.45, 2.75) is 19.3 Å². The molecule has 2 heterocycles. The zero-order chi connectivity index (χ0) is 13.3. The number of H-pyrrole nitrogens is 1. The molecule has 0 fully saturated rings. The van der Waals surface area contributed by atoms with E-state index in [1.807, 2.05) is 35.7 Å². The van der Waals surface area contributed by atoms with Gasteiger partial charge in [-0.25, -0.2) is 4.98 Å². The summed E-state index contributed by atoms with van der Waals surface area (Å²) in [4.78, 5) is 5.73. The van der Waals surface area contributed by atoms with Crippen LogP contribution in [0.3, 0.4) is 0 Å². The zero-order valence-electron chi connectivity index (χ0n) is 10.9. The fourth-order valence-electron chi connectivity index (χ4n) is 2.05. The molecule has 0 unspecified atom stereocenters. The third kappa shape index (κ3) is 2.19. The molecule has 96 valence electrons. The molecule has 3 aromatic rings. The van der Waals surface area contributed by atoms with Crippen LogP contribution in [0.25, 0.3) is 10.7 Å². The topological polar surface area (TPSA) is 41.6 Å². The fraction of sp³-hybridized carbons (Fsp3) is 0.200. The number of nitrogens with one attached hydrogen (secondary N) is 1. The van der Waals surface area contributed by atoms with E-state index in [0.29, 0.717) is 0 Å². The molecule has 0 saturated heterocycles. The summed E-state index contributed by atoms with van der Waals surface area (Å²) in [6.45, 7) is 4.31. The quantitative estimate of drug-likeness (QED) is 0.784. The van der Waals surface area contributed by atoms with Crippen LogP contribution in [0.15, 0.2) is 47.8 Å². The lowest BCUT2D eigenvalue weighted by atomic mass is 9.84. The fourth-order valence-corrected chi connectivity index (χ4v) is 2.71. The van der Waals surface area contributed by atoms with Crippen molar-refractivity contribution < 1.29 is 0 Å². The molecule has 1 aromatic carbocycles. The van der Waals surface area contributed by atoms with Gasteiger partial charge in [-0.1, -0.05) is 36.4 Å². The lowest BCUT2D eigenvalue weighted by Crippen LogP contribution is -2.20. The summed E-state index contributed by atoms with van der Waals surface area (Å²) < 4.78 is 0. The molecule has 19 heavy (non-hydrogen) atoms. The van der Waals surface area contributed by atoms with E-state index in [1.165, 1.54) is 5.56 Å². The van der Waals surface area contributed by atoms with E-state index in [4.69, 9.17) is 0 Å². The van der Waals surface area contributed by atoms with Gasteiger partial charge < -0.3 is 0 Å². The van der Waals surface area contributed by atoms with Gasteiger partial charge in [0.1, 0.15) is 5.82 Å². The molecule has 0 saturated carbocycles. The molecule has 2 aromatic heterocycles. The molecule has 3 nitrogen and oxygen atoms in total. The van der Waals surface area contributed by atoms with E-state index < -0.39 is 0 Å². The second kappa shape index (κ2) is 4.63. The van der Waals surface area contributed by atoms with Crippen LogP contribution in [0.4, 0.5) is 0 Å². The Morgan fingerprint density at radius 3 is 2.53 bits per heavy atom. The first-order valence-electron chi connectivity index (χ1n) is 6.20. The normalized spacial score (nSPS) is 11.7. The van der Waals surface area contributed by atoms with Gasteiger partial charge in [-0.2, -0.15) is 5.10 Å². The highest BCUT2D eigenvalue weighted by Gasteiger charge is 2.27. The average molecular weight is 269 g/mol. The third-order valence-corrected chi connectivity index (χ3v) is 4.18. The predicted molar refractivity (Wildman–Crippen MR) is 78.3 cm³/mol. The van der Waals surface area contributed by atoms with Crippen LogP contribution in [0, 0.1) is 0 Å². The Bertz CT molecular complexity index is 654. The second-order valence-corrected chi connectivity index (χ2v) is 5.92. The van der Waals surface area contributed by atoms with Gasteiger partial charge in [0.2, 0.25) is 0 Å². The van der Waals surface area contributed by atoms with E-state index in [2.05, 4.69) is 41.2 Å². The van der Waals surface area contributed by atoms with Crippen LogP contribution in [-0.2, 0) is 5.41 Å². The maximum atomic E-state index is 4.64. The summed E-state index contributed by atoms with van der Waals surface area (Å²) in [6.07, 6.45) is 0. The van der Waals surface area contributed by atoms with Crippen LogP contribution < -0.4 is 0 Å². The molecular weight excluding hydrogens is 254 g/mol. The maximum Gasteiger partial charge on any atom is 0.191 e. The number of rotatable bonds is 3. The van der Waals surface area contributed by atoms with Gasteiger partial charge in [0.05, 0.1) is 4.88 Å². The number of benzene rings is 1. The summed E-state index contributed by atoms with van der Waals surface area (Å²) >= 11 is 1.65. The Kier molecular flexibility index (Phi) is 2.95. The van der Waals surface area contributed by atoms with E-state index in [0.717, 1.165) is 16.5 Å². The monoisotopic (exact) mass is 269 g/mol. The molecule has 0 aliphatic rings. The van der Waals surface area contributed by atoms with Gasteiger partial charge in [0.15, 0.2) is 5.82 Å². The number of nitrogens with zero attached hydrogens (tertiary/aromatic N) is 2. The van der Waals surface area contributed by atoms with Crippen LogP contribution in [0.2, 0.25) is 0 Å². The Morgan fingerprint density at radius 1 is 1.05 bits per heavy atom. The van der Waals surface area contributed by atoms with Crippen LogP contribution in [0.1, 0.15) is 25.2 Å². The molecule has 0 spiro atoms. The minimum Gasteiger partial charge on any atom is -0.262 e. The van der Waals surface area contributed by atoms with Gasteiger partial charge in [-0.3, -0.25) is 5.10 Å². The SMILES string of the molecule is CC(C)(c1ccccc1)c1nc(-c2cccs2)n[nH]1. The second-order valence-electron chi connectivity index (χ2n) is 4.98. The predicted octanol–water partition coefficient (Wildman–Crippen LogP) is 3.86. The molecule has 0 amide bonds. The smallest absolute Gasteiger partial charge is 0.191 e. The number of aromatic nitrogens is 3. The summed E-state index contributed by atoms with van der Waals surface area (Å²) in [6, 6.07) is 14.4. The molecule has 4 heteroatoms. The standard InChI is InChI=1S/C15H15N3S/c1-15(2,11-7-4-3-5-8-11)14-16-13(17-18-14)12-9-6-10-19-12/h3-10H,1-2H3,(H,16,17,18). The highest BCUT2D eigenvalue weighted by atomic mass is 32.1. The van der Waals surface area contributed by atoms with Crippen molar-refractivity contribution >= 4 is 11.3 Å². The molecule has 0 bridgehead atoms. The highest BCUT2D eigenvalue weighted by Crippen LogP contribution is 2.30. The molecule has 1 N–H and O–H groups in total. The molecule has 3 rings (SSSR count). The van der Waals surface area contributed by atoms with E-state index in [1.54, 1.807) is 11.3 Å². The minimum absolute atomic E-state index is 0.177. The van der Waals surface area contributed by atoms with Crippen molar-refractivity contribution in [1.29, 1.82) is 0 Å². The molecule has 0 radical (unpaired) electrons. The Morgan fingerprint density at radius 2 is 1.84 bits per heavy atom. The first-order valence-corrected chi connectivity index (χ1v) is 7.08. The van der Waals surface area contributed by atoms with Crippen LogP contribution >= 0.6 is 11.3 Å². The lowest BCUT2D eigenvalue weighted by molar-refractivity contribution is 0.593. The number of thiophene rings is 1. The Labute approximate surface area is 116 Å². The molecular formula is C15H15N3S. The first kappa shape index (κ1) is 12.1. The van der Waals surface area contributed by atoms with Crippen molar-refractivity contribution in [2.75, 3.05) is 0 Å². The third-order valence-electron chi connectivity index (χ3n) is 3.31. The van der Waals surface area contributed by atoms with Crippen molar-refractivity contribution in [2.24, 2.45) is 0 Å². The van der Waals surface area contributed by atoms with Crippen molar-refractivity contribution in [3.05, 3.63) is 59.2 Å². The largest absolute Gasteiger partial charge is 0.262 e. The molecule has 0 aliphatic carbocycles. The summed E-state index contributed by atoms with van der Waals surface area (Å²) in [5.41, 5.74) is 1.05. The Balaban J connectivity index is 1.99. The van der Waals surface area contributed by atoms with E-state index in [-0.39, 0.29) is 5.41 Å². The number of hydrogen-bond donors (Lipinski definition) is 1. The van der Waals surface area contributed by atoms with Crippen molar-refractivity contribution in [1.82, 2.24) is 15.2 Å². The van der Waals surface area contributed by atoms with Gasteiger partial charge in [-0.05, 0) is 30.9 Å². The van der Waals surface area contributed by atoms with E-state index in [9.17, 15) is 0 Å².